The number of nitrogens with one attached hydrogen (secondary N) is 1. The van der Waals surface area contributed by atoms with Crippen molar-refractivity contribution in [3.05, 3.63) is 11.8 Å². The molecule has 0 amide bonds. The molecule has 0 aromatic carbocycles. The van der Waals surface area contributed by atoms with E-state index in [1.165, 1.54) is 31.2 Å². The van der Waals surface area contributed by atoms with Gasteiger partial charge in [0, 0.05) is 18.3 Å². The number of hydrogen-bond donors (Lipinski definition) is 2. The van der Waals surface area contributed by atoms with Gasteiger partial charge in [0.25, 0.3) is 0 Å². The van der Waals surface area contributed by atoms with Crippen LogP contribution < -0.4 is 11.1 Å². The molecular formula is C13H24N4. The highest BCUT2D eigenvalue weighted by molar-refractivity contribution is 5.46. The minimum atomic E-state index is 0.350. The maximum atomic E-state index is 5.62. The van der Waals surface area contributed by atoms with Gasteiger partial charge >= 0.3 is 0 Å². The zero-order chi connectivity index (χ0) is 12.5. The van der Waals surface area contributed by atoms with Crippen LogP contribution in [0.2, 0.25) is 0 Å². The number of aromatic nitrogens is 2. The molecule has 1 heterocycles. The van der Waals surface area contributed by atoms with Gasteiger partial charge in [-0.3, -0.25) is 0 Å². The summed E-state index contributed by atoms with van der Waals surface area (Å²) in [5.41, 5.74) is 6.81. The van der Waals surface area contributed by atoms with E-state index in [9.17, 15) is 0 Å². The smallest absolute Gasteiger partial charge is 0.221 e. The van der Waals surface area contributed by atoms with Gasteiger partial charge in [-0.2, -0.15) is 4.98 Å². The van der Waals surface area contributed by atoms with E-state index in [2.05, 4.69) is 29.1 Å². The van der Waals surface area contributed by atoms with E-state index >= 15 is 0 Å². The van der Waals surface area contributed by atoms with Crippen molar-refractivity contribution >= 4 is 11.8 Å². The largest absolute Gasteiger partial charge is 0.370 e. The third kappa shape index (κ3) is 5.02. The lowest BCUT2D eigenvalue weighted by molar-refractivity contribution is 0.714. The van der Waals surface area contributed by atoms with Gasteiger partial charge in [0.15, 0.2) is 0 Å². The van der Waals surface area contributed by atoms with Crippen LogP contribution in [0.25, 0.3) is 0 Å². The maximum absolute atomic E-state index is 5.62. The molecule has 0 bridgehead atoms. The van der Waals surface area contributed by atoms with Gasteiger partial charge in [-0.1, -0.05) is 33.1 Å². The standard InChI is InChI=1S/C13H24N4/c1-3-5-7-8-11-10-16-13(14)17-12(11)15-9-6-4-2/h10H,3-9H2,1-2H3,(H3,14,15,16,17). The van der Waals surface area contributed by atoms with E-state index in [0.717, 1.165) is 25.2 Å². The second-order valence-electron chi connectivity index (χ2n) is 4.34. The first kappa shape index (κ1) is 13.7. The van der Waals surface area contributed by atoms with E-state index in [1.54, 1.807) is 0 Å². The van der Waals surface area contributed by atoms with E-state index < -0.39 is 0 Å². The fourth-order valence-corrected chi connectivity index (χ4v) is 1.71. The van der Waals surface area contributed by atoms with E-state index in [-0.39, 0.29) is 0 Å². The van der Waals surface area contributed by atoms with Crippen LogP contribution >= 0.6 is 0 Å². The number of nitrogens with zero attached hydrogens (tertiary/aromatic N) is 2. The molecule has 0 unspecified atom stereocenters. The van der Waals surface area contributed by atoms with Gasteiger partial charge < -0.3 is 11.1 Å². The topological polar surface area (TPSA) is 63.8 Å². The first-order valence-corrected chi connectivity index (χ1v) is 6.63. The number of anilines is 2. The van der Waals surface area contributed by atoms with Crippen molar-refractivity contribution in [1.82, 2.24) is 9.97 Å². The maximum Gasteiger partial charge on any atom is 0.221 e. The van der Waals surface area contributed by atoms with Gasteiger partial charge in [0.2, 0.25) is 5.95 Å². The predicted octanol–water partition coefficient (Wildman–Crippen LogP) is 3.00. The number of unbranched alkanes of at least 4 members (excludes halogenated alkanes) is 3. The van der Waals surface area contributed by atoms with E-state index in [4.69, 9.17) is 5.73 Å². The summed E-state index contributed by atoms with van der Waals surface area (Å²) >= 11 is 0. The average molecular weight is 236 g/mol. The quantitative estimate of drug-likeness (QED) is 0.681. The van der Waals surface area contributed by atoms with E-state index in [1.807, 2.05) is 6.20 Å². The second-order valence-corrected chi connectivity index (χ2v) is 4.34. The highest BCUT2D eigenvalue weighted by Gasteiger charge is 2.05. The molecule has 0 atom stereocenters. The van der Waals surface area contributed by atoms with Gasteiger partial charge in [0.05, 0.1) is 0 Å². The monoisotopic (exact) mass is 236 g/mol. The Morgan fingerprint density at radius 2 is 1.94 bits per heavy atom. The van der Waals surface area contributed by atoms with Crippen molar-refractivity contribution in [3.8, 4) is 0 Å². The Balaban J connectivity index is 2.59. The van der Waals surface area contributed by atoms with Crippen molar-refractivity contribution in [2.45, 2.75) is 52.4 Å². The molecule has 0 fully saturated rings. The molecule has 0 saturated heterocycles. The van der Waals surface area contributed by atoms with Crippen molar-refractivity contribution in [2.24, 2.45) is 0 Å². The van der Waals surface area contributed by atoms with Crippen molar-refractivity contribution in [2.75, 3.05) is 17.6 Å². The Bertz CT molecular complexity index is 325. The van der Waals surface area contributed by atoms with Crippen LogP contribution in [-0.2, 0) is 6.42 Å². The third-order valence-corrected chi connectivity index (χ3v) is 2.76. The molecule has 4 heteroatoms. The molecule has 0 radical (unpaired) electrons. The molecule has 17 heavy (non-hydrogen) atoms. The molecule has 0 aliphatic heterocycles. The minimum Gasteiger partial charge on any atom is -0.370 e. The first-order chi connectivity index (χ1) is 8.27. The van der Waals surface area contributed by atoms with Gasteiger partial charge in [-0.05, 0) is 19.3 Å². The fraction of sp³-hybridized carbons (Fsp3) is 0.692. The summed E-state index contributed by atoms with van der Waals surface area (Å²) in [6.07, 6.45) is 8.88. The Hall–Kier alpha value is -1.32. The summed E-state index contributed by atoms with van der Waals surface area (Å²) in [4.78, 5) is 8.35. The predicted molar refractivity (Wildman–Crippen MR) is 73.1 cm³/mol. The third-order valence-electron chi connectivity index (χ3n) is 2.76. The van der Waals surface area contributed by atoms with Crippen LogP contribution in [0.5, 0.6) is 0 Å². The van der Waals surface area contributed by atoms with Crippen LogP contribution in [0, 0.1) is 0 Å². The summed E-state index contributed by atoms with van der Waals surface area (Å²) in [5.74, 6) is 1.27. The summed E-state index contributed by atoms with van der Waals surface area (Å²) in [6.45, 7) is 5.34. The molecule has 96 valence electrons. The van der Waals surface area contributed by atoms with Crippen LogP contribution in [0.4, 0.5) is 11.8 Å². The van der Waals surface area contributed by atoms with Crippen LogP contribution in [0.3, 0.4) is 0 Å². The molecule has 1 rings (SSSR count). The number of rotatable bonds is 8. The molecule has 4 nitrogen and oxygen atoms in total. The Kier molecular flexibility index (Phi) is 6.37. The van der Waals surface area contributed by atoms with Gasteiger partial charge in [-0.25, -0.2) is 4.98 Å². The van der Waals surface area contributed by atoms with Gasteiger partial charge in [0.1, 0.15) is 5.82 Å². The van der Waals surface area contributed by atoms with Crippen LogP contribution in [-0.4, -0.2) is 16.5 Å². The van der Waals surface area contributed by atoms with Crippen molar-refractivity contribution in [3.63, 3.8) is 0 Å². The Morgan fingerprint density at radius 3 is 2.65 bits per heavy atom. The SMILES string of the molecule is CCCCCc1cnc(N)nc1NCCCC. The number of hydrogen-bond acceptors (Lipinski definition) is 4. The average Bonchev–Trinajstić information content (AvgIpc) is 2.32. The molecule has 0 aliphatic rings. The molecule has 0 aliphatic carbocycles. The lowest BCUT2D eigenvalue weighted by Crippen LogP contribution is -2.08. The molecule has 1 aromatic rings. The van der Waals surface area contributed by atoms with Crippen molar-refractivity contribution < 1.29 is 0 Å². The molecule has 0 saturated carbocycles. The van der Waals surface area contributed by atoms with Gasteiger partial charge in [-0.15, -0.1) is 0 Å². The highest BCUT2D eigenvalue weighted by Crippen LogP contribution is 2.16. The Labute approximate surface area is 104 Å². The summed E-state index contributed by atoms with van der Waals surface area (Å²) in [6, 6.07) is 0. The van der Waals surface area contributed by atoms with Crippen LogP contribution in [0.1, 0.15) is 51.5 Å². The minimum absolute atomic E-state index is 0.350. The molecule has 3 N–H and O–H groups in total. The summed E-state index contributed by atoms with van der Waals surface area (Å²) in [5, 5.41) is 3.35. The highest BCUT2D eigenvalue weighted by atomic mass is 15.1. The lowest BCUT2D eigenvalue weighted by Gasteiger charge is -2.10. The fourth-order valence-electron chi connectivity index (χ4n) is 1.71. The van der Waals surface area contributed by atoms with Crippen molar-refractivity contribution in [1.29, 1.82) is 0 Å². The van der Waals surface area contributed by atoms with Crippen LogP contribution in [0.15, 0.2) is 6.20 Å². The first-order valence-electron chi connectivity index (χ1n) is 6.63. The zero-order valence-electron chi connectivity index (χ0n) is 11.0. The molecule has 1 aromatic heterocycles. The molecule has 0 spiro atoms. The normalized spacial score (nSPS) is 10.5. The number of nitrogens with two attached hydrogens (primary N) is 1. The van der Waals surface area contributed by atoms with E-state index in [0.29, 0.717) is 5.95 Å². The zero-order valence-corrected chi connectivity index (χ0v) is 11.0. The molecular weight excluding hydrogens is 212 g/mol. The number of nitrogen functional groups attached to an aromatic ring is 1. The number of aryl methyl sites for hydroxylation is 1. The second kappa shape index (κ2) is 7.87. The summed E-state index contributed by atoms with van der Waals surface area (Å²) in [7, 11) is 0. The Morgan fingerprint density at radius 1 is 1.18 bits per heavy atom. The summed E-state index contributed by atoms with van der Waals surface area (Å²) < 4.78 is 0. The lowest BCUT2D eigenvalue weighted by atomic mass is 10.1.